The van der Waals surface area contributed by atoms with Gasteiger partial charge >= 0.3 is 0 Å². The first-order valence-electron chi connectivity index (χ1n) is 10.5. The van der Waals surface area contributed by atoms with E-state index in [0.717, 1.165) is 16.7 Å². The van der Waals surface area contributed by atoms with Gasteiger partial charge in [0.05, 0.1) is 11.6 Å². The SMILES string of the molecule is CCC(C(=O)Nc1cc(Oc2c(C)cc(NC(C)=O)cc2C)ccc1O)c1ccccc1. The second-order valence-electron chi connectivity index (χ2n) is 7.76. The van der Waals surface area contributed by atoms with Gasteiger partial charge in [-0.2, -0.15) is 0 Å². The van der Waals surface area contributed by atoms with Gasteiger partial charge in [0.2, 0.25) is 11.8 Å². The van der Waals surface area contributed by atoms with Crippen molar-refractivity contribution in [2.45, 2.75) is 40.0 Å². The number of aromatic hydroxyl groups is 1. The molecule has 1 unspecified atom stereocenters. The highest BCUT2D eigenvalue weighted by Gasteiger charge is 2.20. The number of benzene rings is 3. The average molecular weight is 433 g/mol. The minimum absolute atomic E-state index is 0.0388. The molecule has 0 bridgehead atoms. The number of anilines is 2. The first-order valence-corrected chi connectivity index (χ1v) is 10.5. The maximum atomic E-state index is 12.9. The number of phenolic OH excluding ortho intramolecular Hbond substituents is 1. The molecule has 0 aliphatic heterocycles. The summed E-state index contributed by atoms with van der Waals surface area (Å²) in [4.78, 5) is 24.2. The predicted octanol–water partition coefficient (Wildman–Crippen LogP) is 5.89. The molecule has 32 heavy (non-hydrogen) atoms. The van der Waals surface area contributed by atoms with Crippen LogP contribution in [0.25, 0.3) is 0 Å². The Morgan fingerprint density at radius 3 is 2.22 bits per heavy atom. The third kappa shape index (κ3) is 5.46. The molecular weight excluding hydrogens is 404 g/mol. The molecule has 3 aromatic carbocycles. The molecule has 0 saturated heterocycles. The summed E-state index contributed by atoms with van der Waals surface area (Å²) in [5, 5.41) is 15.9. The minimum Gasteiger partial charge on any atom is -0.506 e. The Morgan fingerprint density at radius 2 is 1.62 bits per heavy atom. The summed E-state index contributed by atoms with van der Waals surface area (Å²) >= 11 is 0. The molecule has 0 spiro atoms. The second-order valence-corrected chi connectivity index (χ2v) is 7.76. The van der Waals surface area contributed by atoms with Crippen LogP contribution >= 0.6 is 0 Å². The Morgan fingerprint density at radius 1 is 0.969 bits per heavy atom. The Bertz CT molecular complexity index is 1100. The van der Waals surface area contributed by atoms with E-state index in [0.29, 0.717) is 23.6 Å². The first-order chi connectivity index (χ1) is 15.3. The van der Waals surface area contributed by atoms with E-state index in [4.69, 9.17) is 4.74 Å². The van der Waals surface area contributed by atoms with E-state index >= 15 is 0 Å². The fraction of sp³-hybridized carbons (Fsp3) is 0.231. The van der Waals surface area contributed by atoms with E-state index in [1.807, 2.05) is 63.2 Å². The molecule has 0 radical (unpaired) electrons. The molecule has 3 aromatic rings. The smallest absolute Gasteiger partial charge is 0.232 e. The van der Waals surface area contributed by atoms with E-state index in [1.54, 1.807) is 12.1 Å². The molecule has 0 aromatic heterocycles. The molecule has 6 heteroatoms. The number of ether oxygens (including phenoxy) is 1. The minimum atomic E-state index is -0.328. The molecule has 3 rings (SSSR count). The third-order valence-electron chi connectivity index (χ3n) is 5.15. The highest BCUT2D eigenvalue weighted by molar-refractivity contribution is 5.97. The lowest BCUT2D eigenvalue weighted by Crippen LogP contribution is -2.20. The van der Waals surface area contributed by atoms with E-state index in [2.05, 4.69) is 10.6 Å². The van der Waals surface area contributed by atoms with Crippen molar-refractivity contribution < 1.29 is 19.4 Å². The molecule has 0 aliphatic rings. The summed E-state index contributed by atoms with van der Waals surface area (Å²) in [6, 6.07) is 18.0. The molecule has 0 aliphatic carbocycles. The van der Waals surface area contributed by atoms with Gasteiger partial charge in [0.1, 0.15) is 17.2 Å². The van der Waals surface area contributed by atoms with Crippen molar-refractivity contribution in [2.24, 2.45) is 0 Å². The molecule has 166 valence electrons. The van der Waals surface area contributed by atoms with Crippen molar-refractivity contribution in [2.75, 3.05) is 10.6 Å². The molecular formula is C26H28N2O4. The zero-order valence-corrected chi connectivity index (χ0v) is 18.7. The molecule has 2 amide bonds. The predicted molar refractivity (Wildman–Crippen MR) is 127 cm³/mol. The van der Waals surface area contributed by atoms with E-state index < -0.39 is 0 Å². The number of carbonyl (C=O) groups excluding carboxylic acids is 2. The molecule has 0 fully saturated rings. The van der Waals surface area contributed by atoms with Crippen molar-refractivity contribution in [3.63, 3.8) is 0 Å². The number of hydrogen-bond acceptors (Lipinski definition) is 4. The van der Waals surface area contributed by atoms with Gasteiger partial charge in [-0.3, -0.25) is 9.59 Å². The van der Waals surface area contributed by atoms with Crippen LogP contribution < -0.4 is 15.4 Å². The lowest BCUT2D eigenvalue weighted by molar-refractivity contribution is -0.117. The van der Waals surface area contributed by atoms with Gasteiger partial charge in [-0.25, -0.2) is 0 Å². The fourth-order valence-electron chi connectivity index (χ4n) is 3.66. The zero-order valence-electron chi connectivity index (χ0n) is 18.7. The topological polar surface area (TPSA) is 87.7 Å². The zero-order chi connectivity index (χ0) is 23.3. The van der Waals surface area contributed by atoms with Crippen LogP contribution in [0, 0.1) is 13.8 Å². The van der Waals surface area contributed by atoms with Crippen molar-refractivity contribution in [1.82, 2.24) is 0 Å². The average Bonchev–Trinajstić information content (AvgIpc) is 2.74. The van der Waals surface area contributed by atoms with Crippen LogP contribution in [0.15, 0.2) is 60.7 Å². The van der Waals surface area contributed by atoms with Crippen molar-refractivity contribution in [3.05, 3.63) is 77.4 Å². The lowest BCUT2D eigenvalue weighted by atomic mass is 9.95. The largest absolute Gasteiger partial charge is 0.506 e. The van der Waals surface area contributed by atoms with Gasteiger partial charge in [-0.15, -0.1) is 0 Å². The van der Waals surface area contributed by atoms with Crippen LogP contribution in [0.2, 0.25) is 0 Å². The second kappa shape index (κ2) is 10.0. The van der Waals surface area contributed by atoms with Crippen LogP contribution in [0.3, 0.4) is 0 Å². The quantitative estimate of drug-likeness (QED) is 0.406. The number of rotatable bonds is 7. The monoisotopic (exact) mass is 432 g/mol. The van der Waals surface area contributed by atoms with Crippen LogP contribution in [-0.2, 0) is 9.59 Å². The third-order valence-corrected chi connectivity index (χ3v) is 5.15. The van der Waals surface area contributed by atoms with Gasteiger partial charge in [0.25, 0.3) is 0 Å². The maximum Gasteiger partial charge on any atom is 0.232 e. The standard InChI is InChI=1S/C26H28N2O4/c1-5-22(19-9-7-6-8-10-19)26(31)28-23-15-21(11-12-24(23)30)32-25-16(2)13-20(14-17(25)3)27-18(4)29/h6-15,22,30H,5H2,1-4H3,(H,27,29)(H,28,31). The highest BCUT2D eigenvalue weighted by Crippen LogP contribution is 2.35. The molecule has 6 nitrogen and oxygen atoms in total. The van der Waals surface area contributed by atoms with Crippen molar-refractivity contribution in [1.29, 1.82) is 0 Å². The number of nitrogens with one attached hydrogen (secondary N) is 2. The number of phenols is 1. The van der Waals surface area contributed by atoms with Gasteiger partial charge in [0, 0.05) is 18.7 Å². The Kier molecular flexibility index (Phi) is 7.15. The summed E-state index contributed by atoms with van der Waals surface area (Å²) in [6.07, 6.45) is 0.631. The first kappa shape index (κ1) is 22.9. The van der Waals surface area contributed by atoms with Gasteiger partial charge < -0.3 is 20.5 Å². The Balaban J connectivity index is 1.82. The van der Waals surface area contributed by atoms with E-state index in [9.17, 15) is 14.7 Å². The number of hydrogen-bond donors (Lipinski definition) is 3. The fourth-order valence-corrected chi connectivity index (χ4v) is 3.66. The number of aryl methyl sites for hydroxylation is 2. The Hall–Kier alpha value is -3.80. The summed E-state index contributed by atoms with van der Waals surface area (Å²) in [6.45, 7) is 7.19. The van der Waals surface area contributed by atoms with E-state index in [-0.39, 0.29) is 29.2 Å². The number of carbonyl (C=O) groups is 2. The number of amides is 2. The van der Waals surface area contributed by atoms with E-state index in [1.165, 1.54) is 13.0 Å². The summed E-state index contributed by atoms with van der Waals surface area (Å²) in [5.41, 5.74) is 3.60. The van der Waals surface area contributed by atoms with Gasteiger partial charge in [0.15, 0.2) is 0 Å². The summed E-state index contributed by atoms with van der Waals surface area (Å²) in [5.74, 6) is 0.423. The van der Waals surface area contributed by atoms with Crippen LogP contribution in [0.4, 0.5) is 11.4 Å². The highest BCUT2D eigenvalue weighted by atomic mass is 16.5. The molecule has 1 atom stereocenters. The van der Waals surface area contributed by atoms with Gasteiger partial charge in [-0.05, 0) is 61.2 Å². The molecule has 3 N–H and O–H groups in total. The summed E-state index contributed by atoms with van der Waals surface area (Å²) < 4.78 is 6.07. The van der Waals surface area contributed by atoms with Crippen LogP contribution in [-0.4, -0.2) is 16.9 Å². The van der Waals surface area contributed by atoms with Gasteiger partial charge in [-0.1, -0.05) is 37.3 Å². The molecule has 0 saturated carbocycles. The normalized spacial score (nSPS) is 11.5. The van der Waals surface area contributed by atoms with Crippen LogP contribution in [0.5, 0.6) is 17.2 Å². The van der Waals surface area contributed by atoms with Crippen LogP contribution in [0.1, 0.15) is 42.9 Å². The van der Waals surface area contributed by atoms with Crippen molar-refractivity contribution in [3.8, 4) is 17.2 Å². The maximum absolute atomic E-state index is 12.9. The Labute approximate surface area is 188 Å². The lowest BCUT2D eigenvalue weighted by Gasteiger charge is -2.18. The summed E-state index contributed by atoms with van der Waals surface area (Å²) in [7, 11) is 0. The van der Waals surface area contributed by atoms with Crippen molar-refractivity contribution >= 4 is 23.2 Å². The molecule has 0 heterocycles.